The molecule has 0 amide bonds. The molecule has 21 heavy (non-hydrogen) atoms. The molecule has 4 nitrogen and oxygen atoms in total. The summed E-state index contributed by atoms with van der Waals surface area (Å²) in [6.07, 6.45) is 9.03. The number of piperidine rings is 1. The topological polar surface area (TPSA) is 76.4 Å². The number of nitrogens with one attached hydrogen (secondary N) is 1. The molecule has 3 saturated carbocycles. The molecule has 0 aromatic carbocycles. The van der Waals surface area contributed by atoms with Crippen molar-refractivity contribution in [1.82, 2.24) is 5.32 Å². The molecule has 4 fully saturated rings. The quantitative estimate of drug-likeness (QED) is 0.727. The second-order valence-corrected chi connectivity index (χ2v) is 8.21. The van der Waals surface area contributed by atoms with Crippen molar-refractivity contribution < 1.29 is 0 Å². The number of hydrogen-bond donors (Lipinski definition) is 3. The summed E-state index contributed by atoms with van der Waals surface area (Å²) < 4.78 is 0. The zero-order valence-electron chi connectivity index (χ0n) is 13.5. The zero-order chi connectivity index (χ0) is 15.1. The van der Waals surface area contributed by atoms with E-state index in [2.05, 4.69) is 19.2 Å². The molecule has 0 aromatic rings. The molecule has 4 rings (SSSR count). The van der Waals surface area contributed by atoms with Gasteiger partial charge in [-0.2, -0.15) is 0 Å². The number of aliphatic imine (C=N–C) groups is 1. The summed E-state index contributed by atoms with van der Waals surface area (Å²) in [5.41, 5.74) is 15.2. The summed E-state index contributed by atoms with van der Waals surface area (Å²) in [7, 11) is 0. The number of nitrogens with zero attached hydrogens (tertiary/aromatic N) is 1. The predicted octanol–water partition coefficient (Wildman–Crippen LogP) is 1.95. The van der Waals surface area contributed by atoms with Crippen LogP contribution in [0.15, 0.2) is 16.8 Å². The molecule has 0 aromatic heterocycles. The molecule has 5 N–H and O–H groups in total. The smallest absolute Gasteiger partial charge is 0.0476 e. The third-order valence-electron chi connectivity index (χ3n) is 6.06. The van der Waals surface area contributed by atoms with Gasteiger partial charge in [0.25, 0.3) is 0 Å². The lowest BCUT2D eigenvalue weighted by molar-refractivity contribution is 0.0524. The van der Waals surface area contributed by atoms with Crippen molar-refractivity contribution >= 4 is 5.71 Å². The van der Waals surface area contributed by atoms with Gasteiger partial charge in [0.05, 0.1) is 0 Å². The Morgan fingerprint density at radius 1 is 1.14 bits per heavy atom. The maximum atomic E-state index is 6.41. The van der Waals surface area contributed by atoms with Gasteiger partial charge in [-0.25, -0.2) is 0 Å². The van der Waals surface area contributed by atoms with Crippen LogP contribution in [0.5, 0.6) is 0 Å². The van der Waals surface area contributed by atoms with Crippen molar-refractivity contribution in [1.29, 1.82) is 0 Å². The van der Waals surface area contributed by atoms with Gasteiger partial charge in [0.15, 0.2) is 0 Å². The van der Waals surface area contributed by atoms with Gasteiger partial charge in [0.2, 0.25) is 0 Å². The number of nitrogens with two attached hydrogens (primary N) is 2. The molecule has 0 spiro atoms. The fourth-order valence-corrected chi connectivity index (χ4v) is 4.34. The Labute approximate surface area is 128 Å². The average molecular weight is 290 g/mol. The van der Waals surface area contributed by atoms with Crippen molar-refractivity contribution in [2.75, 3.05) is 19.6 Å². The maximum absolute atomic E-state index is 6.41. The van der Waals surface area contributed by atoms with E-state index in [0.717, 1.165) is 19.6 Å². The van der Waals surface area contributed by atoms with Gasteiger partial charge in [-0.3, -0.25) is 4.99 Å². The van der Waals surface area contributed by atoms with Gasteiger partial charge in [-0.15, -0.1) is 0 Å². The fraction of sp³-hybridized carbons (Fsp3) is 0.824. The zero-order valence-corrected chi connectivity index (χ0v) is 13.5. The van der Waals surface area contributed by atoms with E-state index in [9.17, 15) is 0 Å². The monoisotopic (exact) mass is 290 g/mol. The summed E-state index contributed by atoms with van der Waals surface area (Å²) in [5.74, 6) is 0. The highest BCUT2D eigenvalue weighted by Crippen LogP contribution is 2.51. The first-order valence-electron chi connectivity index (χ1n) is 8.34. The summed E-state index contributed by atoms with van der Waals surface area (Å²) in [6, 6.07) is 0. The van der Waals surface area contributed by atoms with Crippen molar-refractivity contribution in [2.24, 2.45) is 27.3 Å². The van der Waals surface area contributed by atoms with Crippen LogP contribution in [0, 0.1) is 10.8 Å². The molecule has 0 unspecified atom stereocenters. The van der Waals surface area contributed by atoms with Crippen LogP contribution >= 0.6 is 0 Å². The first-order chi connectivity index (χ1) is 9.88. The molecular formula is C17H30N4. The third-order valence-corrected chi connectivity index (χ3v) is 6.06. The highest BCUT2D eigenvalue weighted by Gasteiger charge is 2.46. The van der Waals surface area contributed by atoms with Crippen LogP contribution in [0.1, 0.15) is 52.4 Å². The van der Waals surface area contributed by atoms with E-state index in [1.165, 1.54) is 49.8 Å². The van der Waals surface area contributed by atoms with Crippen LogP contribution in [0.25, 0.3) is 0 Å². The van der Waals surface area contributed by atoms with Crippen LogP contribution in [0.3, 0.4) is 0 Å². The molecule has 4 heteroatoms. The number of hydrogen-bond acceptors (Lipinski definition) is 4. The highest BCUT2D eigenvalue weighted by atomic mass is 14.9. The van der Waals surface area contributed by atoms with Crippen molar-refractivity contribution in [3.8, 4) is 0 Å². The average Bonchev–Trinajstić information content (AvgIpc) is 2.47. The van der Waals surface area contributed by atoms with E-state index in [4.69, 9.17) is 16.5 Å². The maximum Gasteiger partial charge on any atom is 0.0476 e. The molecular weight excluding hydrogens is 260 g/mol. The van der Waals surface area contributed by atoms with E-state index < -0.39 is 0 Å². The Morgan fingerprint density at radius 2 is 1.76 bits per heavy atom. The lowest BCUT2D eigenvalue weighted by Crippen LogP contribution is -2.53. The van der Waals surface area contributed by atoms with Crippen LogP contribution < -0.4 is 16.8 Å². The predicted molar refractivity (Wildman–Crippen MR) is 88.3 cm³/mol. The van der Waals surface area contributed by atoms with E-state index in [1.807, 2.05) is 0 Å². The minimum absolute atomic E-state index is 0.0705. The van der Waals surface area contributed by atoms with Gasteiger partial charge >= 0.3 is 0 Å². The minimum atomic E-state index is 0.0705. The van der Waals surface area contributed by atoms with E-state index >= 15 is 0 Å². The number of fused-ring (bicyclic) bond motifs is 3. The van der Waals surface area contributed by atoms with Crippen molar-refractivity contribution in [3.63, 3.8) is 0 Å². The molecule has 1 aliphatic heterocycles. The Hall–Kier alpha value is -0.870. The van der Waals surface area contributed by atoms with Gasteiger partial charge in [0.1, 0.15) is 0 Å². The minimum Gasteiger partial charge on any atom is -0.404 e. The Morgan fingerprint density at radius 3 is 2.33 bits per heavy atom. The number of rotatable bonds is 2. The van der Waals surface area contributed by atoms with Gasteiger partial charge in [0, 0.05) is 48.1 Å². The lowest BCUT2D eigenvalue weighted by atomic mass is 9.57. The lowest BCUT2D eigenvalue weighted by Gasteiger charge is -2.51. The second-order valence-electron chi connectivity index (χ2n) is 8.21. The second kappa shape index (κ2) is 5.10. The molecule has 118 valence electrons. The summed E-state index contributed by atoms with van der Waals surface area (Å²) >= 11 is 0. The van der Waals surface area contributed by atoms with E-state index in [-0.39, 0.29) is 11.0 Å². The standard InChI is InChI=1S/C17H30N4/c1-15(2)11-20-10-13(9-18)14(15)21-12-16-3-6-17(19,7-4-16)8-5-16/h9,20H,3-8,10-12,18-19H2,1-2H3. The molecule has 1 heterocycles. The van der Waals surface area contributed by atoms with Crippen molar-refractivity contribution in [2.45, 2.75) is 57.9 Å². The fourth-order valence-electron chi connectivity index (χ4n) is 4.34. The highest BCUT2D eigenvalue weighted by molar-refractivity contribution is 6.05. The van der Waals surface area contributed by atoms with Crippen LogP contribution in [0.2, 0.25) is 0 Å². The van der Waals surface area contributed by atoms with Gasteiger partial charge < -0.3 is 16.8 Å². The molecule has 1 saturated heterocycles. The van der Waals surface area contributed by atoms with E-state index in [0.29, 0.717) is 5.41 Å². The Balaban J connectivity index is 1.78. The Kier molecular flexibility index (Phi) is 3.65. The first kappa shape index (κ1) is 15.0. The largest absolute Gasteiger partial charge is 0.404 e. The van der Waals surface area contributed by atoms with Gasteiger partial charge in [-0.1, -0.05) is 13.8 Å². The first-order valence-corrected chi connectivity index (χ1v) is 8.34. The molecule has 0 atom stereocenters. The molecule has 3 aliphatic carbocycles. The Bertz CT molecular complexity index is 451. The summed E-state index contributed by atoms with van der Waals surface area (Å²) in [5, 5.41) is 3.43. The summed E-state index contributed by atoms with van der Waals surface area (Å²) in [4.78, 5) is 5.09. The molecule has 4 aliphatic rings. The van der Waals surface area contributed by atoms with Crippen molar-refractivity contribution in [3.05, 3.63) is 11.8 Å². The summed E-state index contributed by atoms with van der Waals surface area (Å²) in [6.45, 7) is 7.29. The van der Waals surface area contributed by atoms with Crippen LogP contribution in [-0.2, 0) is 0 Å². The SMILES string of the molecule is CC1(C)CNCC(=CN)C1=NCC12CCC(N)(CC1)CC2. The molecule has 2 bridgehead atoms. The van der Waals surface area contributed by atoms with Crippen LogP contribution in [0.4, 0.5) is 0 Å². The van der Waals surface area contributed by atoms with E-state index in [1.54, 1.807) is 6.20 Å². The third kappa shape index (κ3) is 2.76. The van der Waals surface area contributed by atoms with Gasteiger partial charge in [-0.05, 0) is 43.9 Å². The molecule has 0 radical (unpaired) electrons. The normalized spacial score (nSPS) is 42.6. The van der Waals surface area contributed by atoms with Crippen LogP contribution in [-0.4, -0.2) is 30.9 Å².